The Bertz CT molecular complexity index is 1460. The van der Waals surface area contributed by atoms with E-state index < -0.39 is 21.7 Å². The van der Waals surface area contributed by atoms with Crippen molar-refractivity contribution in [3.63, 3.8) is 0 Å². The van der Waals surface area contributed by atoms with Gasteiger partial charge in [0.1, 0.15) is 10.8 Å². The largest absolute Gasteiger partial charge is 0.383 e. The standard InChI is InChI=1S/C21H16F2N4O2S4/c1-30-21-14(9-18(32-21)19(24)25)20-26-17(10-31-20)11-3-2-4-12(7-11)27-33(28,29)13-5-6-15(22)16(23)8-13/h2-10,27H,1H3,(H3,24,25). The van der Waals surface area contributed by atoms with Crippen LogP contribution in [0.15, 0.2) is 63.0 Å². The van der Waals surface area contributed by atoms with E-state index in [1.165, 1.54) is 22.7 Å². The second-order valence-corrected chi connectivity index (χ2v) is 11.4. The first-order chi connectivity index (χ1) is 15.7. The van der Waals surface area contributed by atoms with Crippen LogP contribution in [0.1, 0.15) is 4.88 Å². The molecule has 0 atom stereocenters. The Kier molecular flexibility index (Phi) is 6.52. The van der Waals surface area contributed by atoms with Crippen LogP contribution in [-0.2, 0) is 10.0 Å². The van der Waals surface area contributed by atoms with Gasteiger partial charge in [-0.3, -0.25) is 10.1 Å². The third-order valence-electron chi connectivity index (χ3n) is 4.50. The lowest BCUT2D eigenvalue weighted by Crippen LogP contribution is -2.13. The molecule has 6 nitrogen and oxygen atoms in total. The SMILES string of the molecule is CSc1sc(C(=N)N)cc1-c1nc(-c2cccc(NS(=O)(=O)c3ccc(F)c(F)c3)c2)cs1. The van der Waals surface area contributed by atoms with Crippen LogP contribution >= 0.6 is 34.4 Å². The van der Waals surface area contributed by atoms with Crippen LogP contribution in [0.4, 0.5) is 14.5 Å². The molecule has 0 amide bonds. The number of thioether (sulfide) groups is 1. The first-order valence-corrected chi connectivity index (χ1v) is 13.6. The van der Waals surface area contributed by atoms with Crippen molar-refractivity contribution < 1.29 is 17.2 Å². The summed E-state index contributed by atoms with van der Waals surface area (Å²) in [5.41, 5.74) is 8.09. The number of nitrogens with zero attached hydrogens (tertiary/aromatic N) is 1. The van der Waals surface area contributed by atoms with Gasteiger partial charge < -0.3 is 5.73 Å². The summed E-state index contributed by atoms with van der Waals surface area (Å²) in [5.74, 6) is -2.37. The summed E-state index contributed by atoms with van der Waals surface area (Å²) in [4.78, 5) is 4.96. The minimum atomic E-state index is -4.11. The van der Waals surface area contributed by atoms with Crippen molar-refractivity contribution in [1.82, 2.24) is 4.98 Å². The first kappa shape index (κ1) is 23.4. The number of nitrogens with two attached hydrogens (primary N) is 1. The molecule has 0 aliphatic heterocycles. The highest BCUT2D eigenvalue weighted by atomic mass is 32.2. The second-order valence-electron chi connectivity index (χ2n) is 6.73. The van der Waals surface area contributed by atoms with E-state index in [1.54, 1.807) is 36.0 Å². The number of rotatable bonds is 7. The zero-order chi connectivity index (χ0) is 23.8. The van der Waals surface area contributed by atoms with E-state index in [0.29, 0.717) is 22.2 Å². The Morgan fingerprint density at radius 3 is 2.64 bits per heavy atom. The third kappa shape index (κ3) is 4.93. The molecule has 0 spiro atoms. The van der Waals surface area contributed by atoms with Crippen molar-refractivity contribution >= 4 is 56.0 Å². The van der Waals surface area contributed by atoms with Gasteiger partial charge in [0, 0.05) is 22.2 Å². The fourth-order valence-electron chi connectivity index (χ4n) is 2.94. The van der Waals surface area contributed by atoms with Gasteiger partial charge in [-0.25, -0.2) is 22.2 Å². The maximum atomic E-state index is 13.5. The molecule has 12 heteroatoms. The van der Waals surface area contributed by atoms with Gasteiger partial charge in [-0.15, -0.1) is 34.4 Å². The fraction of sp³-hybridized carbons (Fsp3) is 0.0476. The van der Waals surface area contributed by atoms with Crippen molar-refractivity contribution in [3.05, 3.63) is 70.4 Å². The number of aromatic nitrogens is 1. The van der Waals surface area contributed by atoms with Gasteiger partial charge in [-0.1, -0.05) is 12.1 Å². The van der Waals surface area contributed by atoms with Gasteiger partial charge in [0.2, 0.25) is 0 Å². The topological polar surface area (TPSA) is 109 Å². The molecule has 0 bridgehead atoms. The molecular formula is C21H16F2N4O2S4. The summed E-state index contributed by atoms with van der Waals surface area (Å²) in [6, 6.07) is 10.9. The number of thiophene rings is 1. The van der Waals surface area contributed by atoms with Crippen molar-refractivity contribution in [2.24, 2.45) is 5.73 Å². The fourth-order valence-corrected chi connectivity index (χ4v) is 6.71. The Morgan fingerprint density at radius 1 is 1.15 bits per heavy atom. The number of anilines is 1. The number of nitrogens with one attached hydrogen (secondary N) is 2. The summed E-state index contributed by atoms with van der Waals surface area (Å²) in [5, 5.41) is 10.3. The lowest BCUT2D eigenvalue weighted by atomic mass is 10.1. The van der Waals surface area contributed by atoms with Gasteiger partial charge in [0.05, 0.1) is 19.7 Å². The minimum absolute atomic E-state index is 0.000602. The van der Waals surface area contributed by atoms with Crippen LogP contribution in [0.2, 0.25) is 0 Å². The van der Waals surface area contributed by atoms with Crippen molar-refractivity contribution in [2.75, 3.05) is 11.0 Å². The number of amidine groups is 1. The van der Waals surface area contributed by atoms with E-state index >= 15 is 0 Å². The van der Waals surface area contributed by atoms with E-state index in [1.807, 2.05) is 17.7 Å². The zero-order valence-electron chi connectivity index (χ0n) is 16.9. The Balaban J connectivity index is 1.62. The molecule has 2 aromatic heterocycles. The molecule has 0 aliphatic carbocycles. The molecular weight excluding hydrogens is 507 g/mol. The Hall–Kier alpha value is -2.80. The molecule has 2 heterocycles. The molecule has 0 radical (unpaired) electrons. The number of hydrogen-bond donors (Lipinski definition) is 3. The third-order valence-corrected chi connectivity index (χ3v) is 9.05. The average molecular weight is 523 g/mol. The van der Waals surface area contributed by atoms with E-state index in [0.717, 1.165) is 26.9 Å². The maximum absolute atomic E-state index is 13.5. The van der Waals surface area contributed by atoms with Crippen LogP contribution < -0.4 is 10.5 Å². The molecule has 2 aromatic carbocycles. The highest BCUT2D eigenvalue weighted by Gasteiger charge is 2.18. The van der Waals surface area contributed by atoms with Gasteiger partial charge >= 0.3 is 0 Å². The molecule has 0 fully saturated rings. The van der Waals surface area contributed by atoms with Crippen LogP contribution in [-0.4, -0.2) is 25.5 Å². The van der Waals surface area contributed by atoms with E-state index in [2.05, 4.69) is 9.71 Å². The van der Waals surface area contributed by atoms with Crippen LogP contribution in [0.3, 0.4) is 0 Å². The van der Waals surface area contributed by atoms with Crippen LogP contribution in [0.25, 0.3) is 21.8 Å². The number of benzene rings is 2. The average Bonchev–Trinajstić information content (AvgIpc) is 3.42. The quantitative estimate of drug-likeness (QED) is 0.166. The Labute approximate surface area is 201 Å². The Morgan fingerprint density at radius 2 is 1.94 bits per heavy atom. The summed E-state index contributed by atoms with van der Waals surface area (Å²) < 4.78 is 55.2. The highest BCUT2D eigenvalue weighted by Crippen LogP contribution is 2.40. The number of hydrogen-bond acceptors (Lipinski definition) is 7. The summed E-state index contributed by atoms with van der Waals surface area (Å²) in [6.45, 7) is 0. The van der Waals surface area contributed by atoms with Crippen molar-refractivity contribution in [2.45, 2.75) is 9.10 Å². The van der Waals surface area contributed by atoms with E-state index in [4.69, 9.17) is 11.1 Å². The molecule has 4 rings (SSSR count). The number of thiazole rings is 1. The van der Waals surface area contributed by atoms with Crippen molar-refractivity contribution in [3.8, 4) is 21.8 Å². The van der Waals surface area contributed by atoms with E-state index in [9.17, 15) is 17.2 Å². The van der Waals surface area contributed by atoms with Crippen LogP contribution in [0.5, 0.6) is 0 Å². The zero-order valence-corrected chi connectivity index (χ0v) is 20.2. The molecule has 0 saturated carbocycles. The molecule has 4 N–H and O–H groups in total. The van der Waals surface area contributed by atoms with Crippen LogP contribution in [0, 0.1) is 17.0 Å². The van der Waals surface area contributed by atoms with Crippen molar-refractivity contribution in [1.29, 1.82) is 5.41 Å². The minimum Gasteiger partial charge on any atom is -0.383 e. The van der Waals surface area contributed by atoms with Gasteiger partial charge in [0.15, 0.2) is 11.6 Å². The summed E-state index contributed by atoms with van der Waals surface area (Å²) in [7, 11) is -4.11. The highest BCUT2D eigenvalue weighted by molar-refractivity contribution is 8.00. The number of halogens is 2. The predicted molar refractivity (Wildman–Crippen MR) is 131 cm³/mol. The lowest BCUT2D eigenvalue weighted by Gasteiger charge is -2.09. The molecule has 0 saturated heterocycles. The second kappa shape index (κ2) is 9.21. The predicted octanol–water partition coefficient (Wildman–Crippen LogP) is 5.62. The van der Waals surface area contributed by atoms with E-state index in [-0.39, 0.29) is 16.4 Å². The molecule has 0 aliphatic rings. The molecule has 4 aromatic rings. The first-order valence-electron chi connectivity index (χ1n) is 9.24. The van der Waals surface area contributed by atoms with Gasteiger partial charge in [0.25, 0.3) is 10.0 Å². The monoisotopic (exact) mass is 522 g/mol. The number of sulfonamides is 1. The van der Waals surface area contributed by atoms with Gasteiger partial charge in [-0.2, -0.15) is 0 Å². The summed E-state index contributed by atoms with van der Waals surface area (Å²) >= 11 is 4.40. The molecule has 170 valence electrons. The molecule has 33 heavy (non-hydrogen) atoms. The van der Waals surface area contributed by atoms with Gasteiger partial charge in [-0.05, 0) is 42.7 Å². The smallest absolute Gasteiger partial charge is 0.261 e. The summed E-state index contributed by atoms with van der Waals surface area (Å²) in [6.07, 6.45) is 1.94. The molecule has 0 unspecified atom stereocenters. The normalized spacial score (nSPS) is 11.5. The number of nitrogen functional groups attached to an aromatic ring is 1. The maximum Gasteiger partial charge on any atom is 0.261 e. The lowest BCUT2D eigenvalue weighted by molar-refractivity contribution is 0.504.